The van der Waals surface area contributed by atoms with Gasteiger partial charge in [0.25, 0.3) is 0 Å². The third kappa shape index (κ3) is 1.18. The van der Waals surface area contributed by atoms with Gasteiger partial charge in [0.05, 0.1) is 24.8 Å². The first kappa shape index (κ1) is 9.97. The van der Waals surface area contributed by atoms with Gasteiger partial charge in [0.15, 0.2) is 0 Å². The van der Waals surface area contributed by atoms with E-state index in [-0.39, 0.29) is 16.9 Å². The number of morpholine rings is 1. The second kappa shape index (κ2) is 2.72. The molecule has 2 bridgehead atoms. The molecule has 0 spiro atoms. The average Bonchev–Trinajstić information content (AvgIpc) is 2.59. The lowest BCUT2D eigenvalue weighted by atomic mass is 9.76. The summed E-state index contributed by atoms with van der Waals surface area (Å²) in [6.07, 6.45) is 1.01. The molecule has 2 fully saturated rings. The van der Waals surface area contributed by atoms with Crippen LogP contribution in [0.3, 0.4) is 0 Å². The van der Waals surface area contributed by atoms with Gasteiger partial charge >= 0.3 is 0 Å². The van der Waals surface area contributed by atoms with Crippen LogP contribution in [0.25, 0.3) is 0 Å². The fraction of sp³-hybridized carbons (Fsp3) is 0.909. The molecule has 80 valence electrons. The van der Waals surface area contributed by atoms with Crippen molar-refractivity contribution in [2.75, 3.05) is 13.2 Å². The van der Waals surface area contributed by atoms with E-state index in [1.807, 2.05) is 4.90 Å². The van der Waals surface area contributed by atoms with Crippen molar-refractivity contribution in [1.29, 1.82) is 0 Å². The molecule has 2 aliphatic rings. The van der Waals surface area contributed by atoms with Crippen molar-refractivity contribution in [2.45, 2.75) is 45.8 Å². The van der Waals surface area contributed by atoms with Gasteiger partial charge in [0.1, 0.15) is 0 Å². The van der Waals surface area contributed by atoms with Gasteiger partial charge in [-0.25, -0.2) is 0 Å². The van der Waals surface area contributed by atoms with Crippen LogP contribution in [0.2, 0.25) is 0 Å². The van der Waals surface area contributed by atoms with E-state index in [4.69, 9.17) is 4.74 Å². The number of fused-ring (bicyclic) bond motifs is 2. The largest absolute Gasteiger partial charge is 0.370 e. The van der Waals surface area contributed by atoms with Gasteiger partial charge in [0, 0.05) is 13.3 Å². The Kier molecular flexibility index (Phi) is 1.94. The summed E-state index contributed by atoms with van der Waals surface area (Å²) in [6, 6.07) is 0.326. The minimum absolute atomic E-state index is 0.0939. The molecule has 3 nitrogen and oxygen atoms in total. The fourth-order valence-electron chi connectivity index (χ4n) is 2.60. The molecule has 3 heteroatoms. The molecule has 0 aliphatic carbocycles. The van der Waals surface area contributed by atoms with Crippen molar-refractivity contribution in [3.8, 4) is 0 Å². The van der Waals surface area contributed by atoms with E-state index >= 15 is 0 Å². The summed E-state index contributed by atoms with van der Waals surface area (Å²) in [5.74, 6) is 0.185. The number of carbonyl (C=O) groups excluding carboxylic acids is 1. The Labute approximate surface area is 85.4 Å². The third-order valence-electron chi connectivity index (χ3n) is 3.76. The summed E-state index contributed by atoms with van der Waals surface area (Å²) in [5, 5.41) is 0. The van der Waals surface area contributed by atoms with Crippen molar-refractivity contribution < 1.29 is 9.53 Å². The summed E-state index contributed by atoms with van der Waals surface area (Å²) >= 11 is 0. The van der Waals surface area contributed by atoms with Crippen LogP contribution in [0.1, 0.15) is 34.1 Å². The van der Waals surface area contributed by atoms with Gasteiger partial charge in [-0.1, -0.05) is 20.8 Å². The molecule has 0 aromatic heterocycles. The van der Waals surface area contributed by atoms with Crippen LogP contribution in [0.4, 0.5) is 0 Å². The lowest BCUT2D eigenvalue weighted by Gasteiger charge is -2.41. The van der Waals surface area contributed by atoms with E-state index in [1.54, 1.807) is 6.92 Å². The first-order chi connectivity index (χ1) is 6.36. The molecule has 2 heterocycles. The van der Waals surface area contributed by atoms with Crippen LogP contribution in [0.15, 0.2) is 0 Å². The summed E-state index contributed by atoms with van der Waals surface area (Å²) in [5.41, 5.74) is 0.0231. The Morgan fingerprint density at radius 3 is 2.50 bits per heavy atom. The SMILES string of the molecule is CC(=O)N1C[C@@]2(C(C)(C)C)C[C@@H]1CO2. The number of rotatable bonds is 0. The third-order valence-corrected chi connectivity index (χ3v) is 3.76. The molecular weight excluding hydrogens is 178 g/mol. The number of likely N-dealkylation sites (tertiary alicyclic amines) is 1. The van der Waals surface area contributed by atoms with E-state index in [0.29, 0.717) is 6.04 Å². The molecule has 2 saturated heterocycles. The first-order valence-electron chi connectivity index (χ1n) is 5.27. The van der Waals surface area contributed by atoms with Gasteiger partial charge < -0.3 is 9.64 Å². The Morgan fingerprint density at radius 2 is 2.14 bits per heavy atom. The first-order valence-corrected chi connectivity index (χ1v) is 5.27. The number of carbonyl (C=O) groups is 1. The molecule has 1 amide bonds. The van der Waals surface area contributed by atoms with Crippen LogP contribution in [-0.2, 0) is 9.53 Å². The second-order valence-corrected chi connectivity index (χ2v) is 5.56. The summed E-state index contributed by atoms with van der Waals surface area (Å²) < 4.78 is 5.89. The van der Waals surface area contributed by atoms with Gasteiger partial charge in [-0.2, -0.15) is 0 Å². The van der Waals surface area contributed by atoms with Gasteiger partial charge in [-0.15, -0.1) is 0 Å². The molecule has 0 N–H and O–H groups in total. The van der Waals surface area contributed by atoms with Crippen LogP contribution >= 0.6 is 0 Å². The minimum Gasteiger partial charge on any atom is -0.370 e. The number of nitrogens with zero attached hydrogens (tertiary/aromatic N) is 1. The topological polar surface area (TPSA) is 29.5 Å². The maximum atomic E-state index is 11.4. The highest BCUT2D eigenvalue weighted by Gasteiger charge is 2.57. The predicted molar refractivity (Wildman–Crippen MR) is 53.9 cm³/mol. The lowest BCUT2D eigenvalue weighted by molar-refractivity contribution is -0.144. The zero-order valence-corrected chi connectivity index (χ0v) is 9.46. The predicted octanol–water partition coefficient (Wildman–Crippen LogP) is 1.42. The maximum absolute atomic E-state index is 11.4. The zero-order chi connectivity index (χ0) is 10.6. The second-order valence-electron chi connectivity index (χ2n) is 5.56. The van der Waals surface area contributed by atoms with Crippen LogP contribution < -0.4 is 0 Å². The van der Waals surface area contributed by atoms with E-state index in [1.165, 1.54) is 0 Å². The van der Waals surface area contributed by atoms with E-state index < -0.39 is 0 Å². The fourth-order valence-corrected chi connectivity index (χ4v) is 2.60. The van der Waals surface area contributed by atoms with Crippen LogP contribution in [0, 0.1) is 5.41 Å². The molecule has 0 radical (unpaired) electrons. The molecule has 2 atom stereocenters. The van der Waals surface area contributed by atoms with E-state index in [9.17, 15) is 4.79 Å². The lowest BCUT2D eigenvalue weighted by Crippen LogP contribution is -2.50. The molecule has 2 aliphatic heterocycles. The van der Waals surface area contributed by atoms with Crippen molar-refractivity contribution in [1.82, 2.24) is 4.90 Å². The van der Waals surface area contributed by atoms with E-state index in [0.717, 1.165) is 19.6 Å². The van der Waals surface area contributed by atoms with Crippen molar-refractivity contribution >= 4 is 5.91 Å². The Balaban J connectivity index is 2.23. The standard InChI is InChI=1S/C11H19NO2/c1-8(13)12-7-11(10(2,3)4)5-9(12)6-14-11/h9H,5-7H2,1-4H3/t9-,11-/m1/s1. The monoisotopic (exact) mass is 197 g/mol. The Hall–Kier alpha value is -0.570. The zero-order valence-electron chi connectivity index (χ0n) is 9.46. The quantitative estimate of drug-likeness (QED) is 0.588. The molecular formula is C11H19NO2. The Morgan fingerprint density at radius 1 is 1.50 bits per heavy atom. The van der Waals surface area contributed by atoms with Crippen molar-refractivity contribution in [3.63, 3.8) is 0 Å². The summed E-state index contributed by atoms with van der Waals surface area (Å²) in [6.45, 7) is 9.72. The van der Waals surface area contributed by atoms with Crippen molar-refractivity contribution in [3.05, 3.63) is 0 Å². The van der Waals surface area contributed by atoms with Gasteiger partial charge in [-0.05, 0) is 5.41 Å². The van der Waals surface area contributed by atoms with Crippen LogP contribution in [-0.4, -0.2) is 35.6 Å². The molecule has 14 heavy (non-hydrogen) atoms. The number of hydrogen-bond donors (Lipinski definition) is 0. The Bertz CT molecular complexity index is 269. The molecule has 2 rings (SSSR count). The molecule has 0 unspecified atom stereocenters. The van der Waals surface area contributed by atoms with Crippen LogP contribution in [0.5, 0.6) is 0 Å². The van der Waals surface area contributed by atoms with Gasteiger partial charge in [-0.3, -0.25) is 4.79 Å². The van der Waals surface area contributed by atoms with Crippen molar-refractivity contribution in [2.24, 2.45) is 5.41 Å². The normalized spacial score (nSPS) is 36.6. The minimum atomic E-state index is -0.0939. The smallest absolute Gasteiger partial charge is 0.219 e. The van der Waals surface area contributed by atoms with Gasteiger partial charge in [0.2, 0.25) is 5.91 Å². The summed E-state index contributed by atoms with van der Waals surface area (Å²) in [7, 11) is 0. The molecule has 0 saturated carbocycles. The average molecular weight is 197 g/mol. The highest BCUT2D eigenvalue weighted by molar-refractivity contribution is 5.74. The molecule has 0 aromatic carbocycles. The highest BCUT2D eigenvalue weighted by atomic mass is 16.5. The highest BCUT2D eigenvalue weighted by Crippen LogP contribution is 2.48. The number of hydrogen-bond acceptors (Lipinski definition) is 2. The maximum Gasteiger partial charge on any atom is 0.219 e. The number of ether oxygens (including phenoxy) is 1. The summed E-state index contributed by atoms with van der Waals surface area (Å²) in [4.78, 5) is 13.3. The molecule has 0 aromatic rings. The van der Waals surface area contributed by atoms with E-state index in [2.05, 4.69) is 20.8 Å². The number of amides is 1.